The topological polar surface area (TPSA) is 44.4 Å². The molecule has 1 atom stereocenters. The zero-order valence-electron chi connectivity index (χ0n) is 10.0. The molecule has 88 valence electrons. The van der Waals surface area contributed by atoms with E-state index in [1.54, 1.807) is 0 Å². The highest BCUT2D eigenvalue weighted by atomic mass is 16.2. The first-order valence-electron chi connectivity index (χ1n) is 5.91. The van der Waals surface area contributed by atoms with Crippen LogP contribution in [0.1, 0.15) is 27.2 Å². The van der Waals surface area contributed by atoms with Crippen molar-refractivity contribution in [1.82, 2.24) is 15.5 Å². The Kier molecular flexibility index (Phi) is 5.05. The van der Waals surface area contributed by atoms with Gasteiger partial charge in [0.05, 0.1) is 6.54 Å². The van der Waals surface area contributed by atoms with Crippen molar-refractivity contribution in [3.05, 3.63) is 0 Å². The van der Waals surface area contributed by atoms with Gasteiger partial charge in [0, 0.05) is 25.2 Å². The summed E-state index contributed by atoms with van der Waals surface area (Å²) in [5.74, 6) is 0.151. The van der Waals surface area contributed by atoms with E-state index in [9.17, 15) is 4.79 Å². The monoisotopic (exact) mass is 213 g/mol. The third kappa shape index (κ3) is 3.80. The lowest BCUT2D eigenvalue weighted by atomic mass is 10.1. The van der Waals surface area contributed by atoms with Crippen LogP contribution < -0.4 is 10.6 Å². The molecule has 4 heteroatoms. The fourth-order valence-electron chi connectivity index (χ4n) is 1.64. The zero-order valence-corrected chi connectivity index (χ0v) is 10.0. The third-order valence-electron chi connectivity index (χ3n) is 3.05. The van der Waals surface area contributed by atoms with Crippen molar-refractivity contribution >= 4 is 5.91 Å². The second kappa shape index (κ2) is 6.08. The summed E-state index contributed by atoms with van der Waals surface area (Å²) in [4.78, 5) is 13.9. The molecule has 0 aliphatic carbocycles. The predicted octanol–water partition coefficient (Wildman–Crippen LogP) is 0.195. The second-order valence-electron chi connectivity index (χ2n) is 4.25. The van der Waals surface area contributed by atoms with Gasteiger partial charge < -0.3 is 10.6 Å². The van der Waals surface area contributed by atoms with Gasteiger partial charge in [0.1, 0.15) is 0 Å². The van der Waals surface area contributed by atoms with Gasteiger partial charge in [-0.05, 0) is 19.9 Å². The van der Waals surface area contributed by atoms with Crippen molar-refractivity contribution in [2.24, 2.45) is 0 Å². The minimum Gasteiger partial charge on any atom is -0.353 e. The lowest BCUT2D eigenvalue weighted by molar-refractivity contribution is -0.123. The third-order valence-corrected chi connectivity index (χ3v) is 3.05. The molecule has 2 N–H and O–H groups in total. The molecule has 0 aromatic carbocycles. The Hall–Kier alpha value is -0.610. The van der Waals surface area contributed by atoms with Crippen LogP contribution in [0.15, 0.2) is 0 Å². The number of carbonyl (C=O) groups excluding carboxylic acids is 1. The lowest BCUT2D eigenvalue weighted by Crippen LogP contribution is -2.59. The van der Waals surface area contributed by atoms with Gasteiger partial charge in [0.15, 0.2) is 0 Å². The minimum atomic E-state index is 0.151. The summed E-state index contributed by atoms with van der Waals surface area (Å²) in [6.45, 7) is 9.74. The van der Waals surface area contributed by atoms with Gasteiger partial charge in [-0.25, -0.2) is 0 Å². The summed E-state index contributed by atoms with van der Waals surface area (Å²) >= 11 is 0. The van der Waals surface area contributed by atoms with Crippen LogP contribution in [-0.4, -0.2) is 49.1 Å². The van der Waals surface area contributed by atoms with Crippen LogP contribution in [0.25, 0.3) is 0 Å². The molecule has 1 heterocycles. The molecular weight excluding hydrogens is 190 g/mol. The maximum Gasteiger partial charge on any atom is 0.234 e. The van der Waals surface area contributed by atoms with Gasteiger partial charge in [-0.2, -0.15) is 0 Å². The summed E-state index contributed by atoms with van der Waals surface area (Å²) in [5.41, 5.74) is 0. The molecule has 1 amide bonds. The van der Waals surface area contributed by atoms with Gasteiger partial charge in [-0.15, -0.1) is 0 Å². The second-order valence-corrected chi connectivity index (χ2v) is 4.25. The first-order valence-corrected chi connectivity index (χ1v) is 5.91. The highest BCUT2D eigenvalue weighted by Gasteiger charge is 2.24. The van der Waals surface area contributed by atoms with E-state index in [2.05, 4.69) is 29.4 Å². The summed E-state index contributed by atoms with van der Waals surface area (Å²) in [7, 11) is 0. The molecule has 1 rings (SSSR count). The van der Waals surface area contributed by atoms with Crippen molar-refractivity contribution in [2.45, 2.75) is 39.3 Å². The number of carbonyl (C=O) groups is 1. The summed E-state index contributed by atoms with van der Waals surface area (Å²) in [5, 5.41) is 6.22. The van der Waals surface area contributed by atoms with Crippen molar-refractivity contribution in [3.63, 3.8) is 0 Å². The highest BCUT2D eigenvalue weighted by Crippen LogP contribution is 2.03. The van der Waals surface area contributed by atoms with Gasteiger partial charge in [0.25, 0.3) is 0 Å². The molecule has 0 saturated carbocycles. The van der Waals surface area contributed by atoms with Crippen molar-refractivity contribution in [1.29, 1.82) is 0 Å². The van der Waals surface area contributed by atoms with Crippen molar-refractivity contribution in [2.75, 3.05) is 26.2 Å². The Labute approximate surface area is 92.4 Å². The van der Waals surface area contributed by atoms with E-state index in [1.807, 2.05) is 6.92 Å². The standard InChI is InChI=1S/C11H23N3O/c1-4-9(3)13-11(15)8-14(5-2)10-6-12-7-10/h9-10,12H,4-8H2,1-3H3,(H,13,15). The highest BCUT2D eigenvalue weighted by molar-refractivity contribution is 5.78. The maximum absolute atomic E-state index is 11.7. The summed E-state index contributed by atoms with van der Waals surface area (Å²) in [6, 6.07) is 0.841. The molecule has 0 spiro atoms. The lowest BCUT2D eigenvalue weighted by Gasteiger charge is -2.37. The Morgan fingerprint density at radius 2 is 2.20 bits per heavy atom. The molecule has 4 nitrogen and oxygen atoms in total. The number of nitrogens with zero attached hydrogens (tertiary/aromatic N) is 1. The molecule has 0 bridgehead atoms. The van der Waals surface area contributed by atoms with E-state index >= 15 is 0 Å². The molecular formula is C11H23N3O. The Morgan fingerprint density at radius 3 is 2.60 bits per heavy atom. The van der Waals surface area contributed by atoms with Gasteiger partial charge >= 0.3 is 0 Å². The van der Waals surface area contributed by atoms with Crippen LogP contribution in [0.2, 0.25) is 0 Å². The number of likely N-dealkylation sites (N-methyl/N-ethyl adjacent to an activating group) is 1. The molecule has 1 aliphatic rings. The number of amides is 1. The maximum atomic E-state index is 11.7. The van der Waals surface area contributed by atoms with Crippen LogP contribution in [0.5, 0.6) is 0 Å². The summed E-state index contributed by atoms with van der Waals surface area (Å²) in [6.07, 6.45) is 0.989. The molecule has 1 aliphatic heterocycles. The van der Waals surface area contributed by atoms with Crippen LogP contribution in [0.3, 0.4) is 0 Å². The number of rotatable bonds is 6. The number of nitrogens with one attached hydrogen (secondary N) is 2. The Morgan fingerprint density at radius 1 is 1.53 bits per heavy atom. The Bertz CT molecular complexity index is 204. The molecule has 0 radical (unpaired) electrons. The molecule has 1 fully saturated rings. The summed E-state index contributed by atoms with van der Waals surface area (Å²) < 4.78 is 0. The largest absolute Gasteiger partial charge is 0.353 e. The minimum absolute atomic E-state index is 0.151. The van der Waals surface area contributed by atoms with E-state index in [-0.39, 0.29) is 11.9 Å². The predicted molar refractivity (Wildman–Crippen MR) is 61.8 cm³/mol. The number of hydrogen-bond acceptors (Lipinski definition) is 3. The van der Waals surface area contributed by atoms with Gasteiger partial charge in [-0.1, -0.05) is 13.8 Å². The average Bonchev–Trinajstić information content (AvgIpc) is 2.13. The van der Waals surface area contributed by atoms with Gasteiger partial charge in [-0.3, -0.25) is 9.69 Å². The van der Waals surface area contributed by atoms with Gasteiger partial charge in [0.2, 0.25) is 5.91 Å². The van der Waals surface area contributed by atoms with Crippen molar-refractivity contribution in [3.8, 4) is 0 Å². The first-order chi connectivity index (χ1) is 7.17. The first kappa shape index (κ1) is 12.5. The molecule has 1 unspecified atom stereocenters. The molecule has 15 heavy (non-hydrogen) atoms. The fraction of sp³-hybridized carbons (Fsp3) is 0.909. The van der Waals surface area contributed by atoms with E-state index < -0.39 is 0 Å². The van der Waals surface area contributed by atoms with Crippen LogP contribution in [0, 0.1) is 0 Å². The van der Waals surface area contributed by atoms with Crippen LogP contribution in [-0.2, 0) is 4.79 Å². The van der Waals surface area contributed by atoms with E-state index in [0.29, 0.717) is 12.6 Å². The molecule has 1 saturated heterocycles. The quantitative estimate of drug-likeness (QED) is 0.662. The van der Waals surface area contributed by atoms with Crippen LogP contribution in [0.4, 0.5) is 0 Å². The van der Waals surface area contributed by atoms with E-state index in [1.165, 1.54) is 0 Å². The van der Waals surface area contributed by atoms with Crippen molar-refractivity contribution < 1.29 is 4.79 Å². The van der Waals surface area contributed by atoms with Crippen LogP contribution >= 0.6 is 0 Å². The van der Waals surface area contributed by atoms with E-state index in [0.717, 1.165) is 26.1 Å². The normalized spacial score (nSPS) is 18.7. The smallest absolute Gasteiger partial charge is 0.234 e. The Balaban J connectivity index is 2.27. The SMILES string of the molecule is CCC(C)NC(=O)CN(CC)C1CNC1. The molecule has 0 aromatic heterocycles. The zero-order chi connectivity index (χ0) is 11.3. The molecule has 0 aromatic rings. The number of hydrogen-bond donors (Lipinski definition) is 2. The van der Waals surface area contributed by atoms with E-state index in [4.69, 9.17) is 0 Å². The average molecular weight is 213 g/mol. The fourth-order valence-corrected chi connectivity index (χ4v) is 1.64.